The summed E-state index contributed by atoms with van der Waals surface area (Å²) in [6.45, 7) is 7.94. The summed E-state index contributed by atoms with van der Waals surface area (Å²) in [5, 5.41) is 0. The number of carbonyl (C=O) groups excluding carboxylic acids is 1. The van der Waals surface area contributed by atoms with Crippen molar-refractivity contribution >= 4 is 5.97 Å². The van der Waals surface area contributed by atoms with Crippen molar-refractivity contribution in [2.75, 3.05) is 0 Å². The van der Waals surface area contributed by atoms with Crippen molar-refractivity contribution in [1.29, 1.82) is 0 Å². The molecule has 0 heterocycles. The van der Waals surface area contributed by atoms with Crippen LogP contribution in [0.15, 0.2) is 0 Å². The molecule has 2 heteroatoms. The first-order chi connectivity index (χ1) is 5.61. The Morgan fingerprint density at radius 3 is 2.33 bits per heavy atom. The Balaban J connectivity index is 3.70. The van der Waals surface area contributed by atoms with Crippen molar-refractivity contribution in [2.45, 2.75) is 53.1 Å². The lowest BCUT2D eigenvalue weighted by atomic mass is 10.1. The third-order valence-electron chi connectivity index (χ3n) is 2.02. The number of rotatable bonds is 5. The predicted molar refractivity (Wildman–Crippen MR) is 49.9 cm³/mol. The lowest BCUT2D eigenvalue weighted by Crippen LogP contribution is -2.20. The zero-order chi connectivity index (χ0) is 9.56. The van der Waals surface area contributed by atoms with Crippen LogP contribution in [0.5, 0.6) is 0 Å². The SMILES string of the molecule is CCCC(C)C(=O)OC(C)CC. The Labute approximate surface area is 75.3 Å². The highest BCUT2D eigenvalue weighted by Gasteiger charge is 2.15. The van der Waals surface area contributed by atoms with Crippen LogP contribution in [0.4, 0.5) is 0 Å². The molecule has 0 saturated carbocycles. The van der Waals surface area contributed by atoms with E-state index in [1.165, 1.54) is 0 Å². The molecule has 0 saturated heterocycles. The average molecular weight is 172 g/mol. The van der Waals surface area contributed by atoms with Gasteiger partial charge in [0, 0.05) is 0 Å². The van der Waals surface area contributed by atoms with Gasteiger partial charge in [-0.15, -0.1) is 0 Å². The molecule has 0 aromatic rings. The molecule has 2 nitrogen and oxygen atoms in total. The van der Waals surface area contributed by atoms with Gasteiger partial charge in [0.15, 0.2) is 0 Å². The van der Waals surface area contributed by atoms with E-state index < -0.39 is 0 Å². The molecule has 0 aliphatic heterocycles. The molecule has 0 aliphatic carbocycles. The molecule has 0 aromatic heterocycles. The molecule has 0 amide bonds. The largest absolute Gasteiger partial charge is 0.462 e. The molecule has 0 fully saturated rings. The van der Waals surface area contributed by atoms with Gasteiger partial charge in [-0.2, -0.15) is 0 Å². The van der Waals surface area contributed by atoms with Crippen molar-refractivity contribution in [3.8, 4) is 0 Å². The Bertz CT molecular complexity index is 132. The first-order valence-electron chi connectivity index (χ1n) is 4.82. The van der Waals surface area contributed by atoms with E-state index in [1.54, 1.807) is 0 Å². The van der Waals surface area contributed by atoms with Crippen molar-refractivity contribution in [1.82, 2.24) is 0 Å². The zero-order valence-corrected chi connectivity index (χ0v) is 8.59. The highest BCUT2D eigenvalue weighted by molar-refractivity contribution is 5.72. The van der Waals surface area contributed by atoms with Crippen LogP contribution in [-0.2, 0) is 9.53 Å². The molecule has 2 atom stereocenters. The fourth-order valence-electron chi connectivity index (χ4n) is 0.949. The van der Waals surface area contributed by atoms with Gasteiger partial charge in [0.25, 0.3) is 0 Å². The van der Waals surface area contributed by atoms with E-state index in [2.05, 4.69) is 6.92 Å². The molecule has 0 aliphatic rings. The fourth-order valence-corrected chi connectivity index (χ4v) is 0.949. The molecular formula is C10H20O2. The highest BCUT2D eigenvalue weighted by Crippen LogP contribution is 2.09. The number of hydrogen-bond donors (Lipinski definition) is 0. The van der Waals surface area contributed by atoms with E-state index in [9.17, 15) is 4.79 Å². The van der Waals surface area contributed by atoms with Gasteiger partial charge in [0.1, 0.15) is 0 Å². The molecule has 0 aromatic carbocycles. The van der Waals surface area contributed by atoms with Crippen molar-refractivity contribution in [2.24, 2.45) is 5.92 Å². The minimum absolute atomic E-state index is 0.0498. The second-order valence-corrected chi connectivity index (χ2v) is 3.35. The second kappa shape index (κ2) is 6.04. The van der Waals surface area contributed by atoms with E-state index in [0.717, 1.165) is 19.3 Å². The monoisotopic (exact) mass is 172 g/mol. The van der Waals surface area contributed by atoms with Gasteiger partial charge < -0.3 is 4.74 Å². The summed E-state index contributed by atoms with van der Waals surface area (Å²) in [5.41, 5.74) is 0. The Hall–Kier alpha value is -0.530. The molecule has 0 bridgehead atoms. The molecule has 0 spiro atoms. The van der Waals surface area contributed by atoms with Crippen LogP contribution >= 0.6 is 0 Å². The summed E-state index contributed by atoms with van der Waals surface area (Å²) in [5.74, 6) is 0.00944. The molecule has 2 unspecified atom stereocenters. The van der Waals surface area contributed by atoms with Gasteiger partial charge in [-0.25, -0.2) is 0 Å². The Kier molecular flexibility index (Phi) is 5.77. The molecule has 72 valence electrons. The maximum absolute atomic E-state index is 11.3. The van der Waals surface area contributed by atoms with Gasteiger partial charge in [0.05, 0.1) is 12.0 Å². The quantitative estimate of drug-likeness (QED) is 0.596. The van der Waals surface area contributed by atoms with Crippen molar-refractivity contribution in [3.05, 3.63) is 0 Å². The van der Waals surface area contributed by atoms with Gasteiger partial charge in [-0.1, -0.05) is 27.2 Å². The summed E-state index contributed by atoms with van der Waals surface area (Å²) >= 11 is 0. The molecule has 0 rings (SSSR count). The second-order valence-electron chi connectivity index (χ2n) is 3.35. The molecule has 12 heavy (non-hydrogen) atoms. The lowest BCUT2D eigenvalue weighted by Gasteiger charge is -2.14. The minimum Gasteiger partial charge on any atom is -0.462 e. The van der Waals surface area contributed by atoms with Crippen molar-refractivity contribution in [3.63, 3.8) is 0 Å². The van der Waals surface area contributed by atoms with Crippen LogP contribution in [0.1, 0.15) is 47.0 Å². The Morgan fingerprint density at radius 2 is 1.92 bits per heavy atom. The van der Waals surface area contributed by atoms with Gasteiger partial charge in [0.2, 0.25) is 0 Å². The van der Waals surface area contributed by atoms with E-state index >= 15 is 0 Å². The maximum Gasteiger partial charge on any atom is 0.308 e. The minimum atomic E-state index is -0.0498. The first-order valence-corrected chi connectivity index (χ1v) is 4.82. The number of carbonyl (C=O) groups is 1. The molecule has 0 radical (unpaired) electrons. The normalized spacial score (nSPS) is 15.3. The third kappa shape index (κ3) is 4.37. The summed E-state index contributed by atoms with van der Waals surface area (Å²) in [6.07, 6.45) is 2.92. The van der Waals surface area contributed by atoms with Crippen LogP contribution in [0, 0.1) is 5.92 Å². The maximum atomic E-state index is 11.3. The summed E-state index contributed by atoms with van der Waals surface area (Å²) < 4.78 is 5.17. The third-order valence-corrected chi connectivity index (χ3v) is 2.02. The van der Waals surface area contributed by atoms with Crippen molar-refractivity contribution < 1.29 is 9.53 Å². The lowest BCUT2D eigenvalue weighted by molar-refractivity contribution is -0.152. The zero-order valence-electron chi connectivity index (χ0n) is 8.59. The number of esters is 1. The van der Waals surface area contributed by atoms with E-state index in [0.29, 0.717) is 0 Å². The standard InChI is InChI=1S/C10H20O2/c1-5-7-8(3)10(11)12-9(4)6-2/h8-9H,5-7H2,1-4H3. The summed E-state index contributed by atoms with van der Waals surface area (Å²) in [7, 11) is 0. The topological polar surface area (TPSA) is 26.3 Å². The average Bonchev–Trinajstić information content (AvgIpc) is 2.04. The fraction of sp³-hybridized carbons (Fsp3) is 0.900. The molecule has 0 N–H and O–H groups in total. The summed E-state index contributed by atoms with van der Waals surface area (Å²) in [4.78, 5) is 11.3. The highest BCUT2D eigenvalue weighted by atomic mass is 16.5. The summed E-state index contributed by atoms with van der Waals surface area (Å²) in [6, 6.07) is 0. The van der Waals surface area contributed by atoms with Crippen LogP contribution in [0.25, 0.3) is 0 Å². The first kappa shape index (κ1) is 11.5. The Morgan fingerprint density at radius 1 is 1.33 bits per heavy atom. The number of ether oxygens (including phenoxy) is 1. The van der Waals surface area contributed by atoms with Gasteiger partial charge in [-0.3, -0.25) is 4.79 Å². The smallest absolute Gasteiger partial charge is 0.308 e. The van der Waals surface area contributed by atoms with E-state index in [-0.39, 0.29) is 18.0 Å². The van der Waals surface area contributed by atoms with Gasteiger partial charge in [-0.05, 0) is 19.8 Å². The van der Waals surface area contributed by atoms with E-state index in [1.807, 2.05) is 20.8 Å². The predicted octanol–water partition coefficient (Wildman–Crippen LogP) is 2.76. The van der Waals surface area contributed by atoms with Crippen LogP contribution in [0.2, 0.25) is 0 Å². The van der Waals surface area contributed by atoms with Crippen LogP contribution < -0.4 is 0 Å². The van der Waals surface area contributed by atoms with Crippen LogP contribution in [-0.4, -0.2) is 12.1 Å². The van der Waals surface area contributed by atoms with E-state index in [4.69, 9.17) is 4.74 Å². The van der Waals surface area contributed by atoms with Gasteiger partial charge >= 0.3 is 5.97 Å². The number of hydrogen-bond acceptors (Lipinski definition) is 2. The molecular weight excluding hydrogens is 152 g/mol. The van der Waals surface area contributed by atoms with Crippen LogP contribution in [0.3, 0.4) is 0 Å².